The Bertz CT molecular complexity index is 861. The number of carboxylic acids is 1. The number of ether oxygens (including phenoxy) is 1. The van der Waals surface area contributed by atoms with Crippen molar-refractivity contribution in [2.45, 2.75) is 180 Å². The van der Waals surface area contributed by atoms with Crippen molar-refractivity contribution in [2.24, 2.45) is 0 Å². The van der Waals surface area contributed by atoms with Gasteiger partial charge in [-0.2, -0.15) is 0 Å². The van der Waals surface area contributed by atoms with Crippen molar-refractivity contribution in [3.05, 3.63) is 72.9 Å². The van der Waals surface area contributed by atoms with Crippen LogP contribution in [0.25, 0.3) is 0 Å². The third-order valence-electron chi connectivity index (χ3n) is 7.93. The Morgan fingerprint density at radius 1 is 0.500 bits per heavy atom. The van der Waals surface area contributed by atoms with Gasteiger partial charge in [0, 0.05) is 12.8 Å². The maximum Gasteiger partial charge on any atom is 0.306 e. The molecule has 0 aliphatic carbocycles. The summed E-state index contributed by atoms with van der Waals surface area (Å²) in [5.74, 6) is -0.807. The average Bonchev–Trinajstić information content (AvgIpc) is 3.04. The number of carbonyl (C=O) groups is 2. The highest BCUT2D eigenvalue weighted by molar-refractivity contribution is 5.69. The lowest BCUT2D eigenvalue weighted by Crippen LogP contribution is -2.18. The summed E-state index contributed by atoms with van der Waals surface area (Å²) in [6.07, 6.45) is 52.0. The van der Waals surface area contributed by atoms with Crippen LogP contribution in [0.2, 0.25) is 0 Å². The molecule has 4 nitrogen and oxygen atoms in total. The van der Waals surface area contributed by atoms with Crippen LogP contribution in [0.5, 0.6) is 0 Å². The number of carbonyl (C=O) groups excluding carboxylic acids is 1. The number of hydrogen-bond donors (Lipinski definition) is 1. The monoisotopic (exact) mass is 639 g/mol. The van der Waals surface area contributed by atoms with Crippen molar-refractivity contribution in [1.29, 1.82) is 0 Å². The molecule has 262 valence electrons. The minimum atomic E-state index is -0.715. The molecule has 46 heavy (non-hydrogen) atoms. The number of aliphatic carboxylic acids is 1. The third-order valence-corrected chi connectivity index (χ3v) is 7.93. The van der Waals surface area contributed by atoms with E-state index in [4.69, 9.17) is 9.84 Å². The van der Waals surface area contributed by atoms with Gasteiger partial charge in [0.2, 0.25) is 0 Å². The van der Waals surface area contributed by atoms with Crippen LogP contribution in [-0.2, 0) is 14.3 Å². The fourth-order valence-electron chi connectivity index (χ4n) is 5.17. The summed E-state index contributed by atoms with van der Waals surface area (Å²) >= 11 is 0. The smallest absolute Gasteiger partial charge is 0.306 e. The van der Waals surface area contributed by atoms with Crippen LogP contribution in [0.3, 0.4) is 0 Å². The lowest BCUT2D eigenvalue weighted by atomic mass is 10.0. The second-order valence-corrected chi connectivity index (χ2v) is 12.4. The highest BCUT2D eigenvalue weighted by atomic mass is 16.5. The molecular weight excluding hydrogens is 568 g/mol. The third kappa shape index (κ3) is 35.9. The van der Waals surface area contributed by atoms with Gasteiger partial charge in [-0.05, 0) is 96.3 Å². The number of hydrogen-bond acceptors (Lipinski definition) is 3. The molecule has 0 amide bonds. The second kappa shape index (κ2) is 36.8. The first-order chi connectivity index (χ1) is 22.6. The number of rotatable bonds is 33. The van der Waals surface area contributed by atoms with E-state index in [1.807, 2.05) is 0 Å². The first-order valence-corrected chi connectivity index (χ1v) is 18.9. The van der Waals surface area contributed by atoms with Crippen LogP contribution in [0.1, 0.15) is 174 Å². The van der Waals surface area contributed by atoms with E-state index in [9.17, 15) is 9.59 Å². The topological polar surface area (TPSA) is 63.6 Å². The van der Waals surface area contributed by atoms with Gasteiger partial charge >= 0.3 is 11.9 Å². The highest BCUT2D eigenvalue weighted by Gasteiger charge is 2.14. The molecule has 0 heterocycles. The quantitative estimate of drug-likeness (QED) is 0.0441. The normalized spacial score (nSPS) is 13.1. The van der Waals surface area contributed by atoms with Crippen molar-refractivity contribution in [3.63, 3.8) is 0 Å². The largest absolute Gasteiger partial charge is 0.481 e. The van der Waals surface area contributed by atoms with E-state index < -0.39 is 5.97 Å². The lowest BCUT2D eigenvalue weighted by molar-refractivity contribution is -0.149. The minimum absolute atomic E-state index is 0.00778. The van der Waals surface area contributed by atoms with Gasteiger partial charge in [0.25, 0.3) is 0 Å². The summed E-state index contributed by atoms with van der Waals surface area (Å²) in [6.45, 7) is 4.41. The van der Waals surface area contributed by atoms with Crippen molar-refractivity contribution in [1.82, 2.24) is 0 Å². The lowest BCUT2D eigenvalue weighted by Gasteiger charge is -2.18. The molecule has 0 bridgehead atoms. The minimum Gasteiger partial charge on any atom is -0.481 e. The van der Waals surface area contributed by atoms with E-state index in [1.54, 1.807) is 0 Å². The van der Waals surface area contributed by atoms with Gasteiger partial charge in [-0.25, -0.2) is 0 Å². The Balaban J connectivity index is 4.27. The van der Waals surface area contributed by atoms with Gasteiger partial charge in [0.15, 0.2) is 0 Å². The number of carboxylic acid groups (broad SMARTS) is 1. The Morgan fingerprint density at radius 2 is 0.935 bits per heavy atom. The van der Waals surface area contributed by atoms with Crippen molar-refractivity contribution >= 4 is 11.9 Å². The first kappa shape index (κ1) is 43.4. The van der Waals surface area contributed by atoms with Gasteiger partial charge in [0.1, 0.15) is 6.10 Å². The van der Waals surface area contributed by atoms with Gasteiger partial charge in [0.05, 0.1) is 0 Å². The molecule has 0 aliphatic rings. The number of esters is 1. The van der Waals surface area contributed by atoms with E-state index in [1.165, 1.54) is 44.9 Å². The molecule has 0 aromatic heterocycles. The van der Waals surface area contributed by atoms with Crippen molar-refractivity contribution < 1.29 is 19.4 Å². The van der Waals surface area contributed by atoms with Crippen LogP contribution < -0.4 is 0 Å². The second-order valence-electron chi connectivity index (χ2n) is 12.4. The summed E-state index contributed by atoms with van der Waals surface area (Å²) in [5, 5.41) is 8.81. The van der Waals surface area contributed by atoms with Gasteiger partial charge < -0.3 is 9.84 Å². The molecule has 0 fully saturated rings. The molecule has 0 rings (SSSR count). The highest BCUT2D eigenvalue weighted by Crippen LogP contribution is 2.17. The Kier molecular flexibility index (Phi) is 34.7. The molecule has 0 saturated carbocycles. The van der Waals surface area contributed by atoms with E-state index in [2.05, 4.69) is 86.8 Å². The molecule has 0 aromatic rings. The fourth-order valence-corrected chi connectivity index (χ4v) is 5.17. The molecule has 0 spiro atoms. The summed E-state index contributed by atoms with van der Waals surface area (Å²) < 4.78 is 5.94. The predicted molar refractivity (Wildman–Crippen MR) is 199 cm³/mol. The first-order valence-electron chi connectivity index (χ1n) is 18.9. The van der Waals surface area contributed by atoms with E-state index in [0.29, 0.717) is 12.8 Å². The predicted octanol–water partition coefficient (Wildman–Crippen LogP) is 13.1. The van der Waals surface area contributed by atoms with Crippen LogP contribution >= 0.6 is 0 Å². The summed E-state index contributed by atoms with van der Waals surface area (Å²) in [5.41, 5.74) is 0. The molecule has 4 heteroatoms. The maximum absolute atomic E-state index is 12.6. The fraction of sp³-hybridized carbons (Fsp3) is 0.667. The molecular formula is C42H70O4. The summed E-state index contributed by atoms with van der Waals surface area (Å²) in [7, 11) is 0. The maximum atomic E-state index is 12.6. The van der Waals surface area contributed by atoms with Gasteiger partial charge in [-0.1, -0.05) is 138 Å². The van der Waals surface area contributed by atoms with Crippen molar-refractivity contribution in [2.75, 3.05) is 0 Å². The average molecular weight is 639 g/mol. The Morgan fingerprint density at radius 3 is 1.48 bits per heavy atom. The number of unbranched alkanes of at least 4 members (excludes halogenated alkanes) is 12. The van der Waals surface area contributed by atoms with Crippen LogP contribution in [0, 0.1) is 0 Å². The SMILES string of the molecule is CC/C=C\C/C=C\C/C=C\C/C=C\CCC(=O)OC(CCCCC/C=C\C/C=C\CCCCCCC)CCCCCCCC(=O)O. The summed E-state index contributed by atoms with van der Waals surface area (Å²) in [4.78, 5) is 23.3. The zero-order valence-electron chi connectivity index (χ0n) is 29.9. The van der Waals surface area contributed by atoms with Crippen LogP contribution in [0.15, 0.2) is 72.9 Å². The zero-order chi connectivity index (χ0) is 33.6. The van der Waals surface area contributed by atoms with Gasteiger partial charge in [-0.15, -0.1) is 0 Å². The Labute approximate surface area is 284 Å². The Hall–Kier alpha value is -2.62. The van der Waals surface area contributed by atoms with Gasteiger partial charge in [-0.3, -0.25) is 9.59 Å². The molecule has 0 radical (unpaired) electrons. The van der Waals surface area contributed by atoms with E-state index in [0.717, 1.165) is 96.3 Å². The number of allylic oxidation sites excluding steroid dienone is 12. The van der Waals surface area contributed by atoms with Crippen LogP contribution in [0.4, 0.5) is 0 Å². The summed E-state index contributed by atoms with van der Waals surface area (Å²) in [6, 6.07) is 0. The zero-order valence-corrected chi connectivity index (χ0v) is 29.9. The van der Waals surface area contributed by atoms with E-state index in [-0.39, 0.29) is 18.5 Å². The standard InChI is InChI=1S/C42H70O4/c1-3-5-7-9-11-13-15-17-18-20-21-23-25-28-32-36-40(37-33-29-27-30-34-38-41(43)44)46-42(45)39-35-31-26-24-22-19-16-14-12-10-8-6-4-2/h6,8,12,14-15,17,19-22,26,31,40H,3-5,7,9-11,13,16,18,23-25,27-30,32-39H2,1-2H3,(H,43,44)/b8-6-,14-12-,17-15-,21-20-,22-19-,31-26-. The molecule has 0 aliphatic heterocycles. The molecule has 1 N–H and O–H groups in total. The molecule has 0 aromatic carbocycles. The van der Waals surface area contributed by atoms with Crippen LogP contribution in [-0.4, -0.2) is 23.1 Å². The molecule has 0 saturated heterocycles. The van der Waals surface area contributed by atoms with E-state index >= 15 is 0 Å². The molecule has 1 unspecified atom stereocenters. The van der Waals surface area contributed by atoms with Crippen molar-refractivity contribution in [3.8, 4) is 0 Å². The molecule has 1 atom stereocenters.